The Morgan fingerprint density at radius 2 is 1.68 bits per heavy atom. The van der Waals surface area contributed by atoms with Crippen molar-refractivity contribution in [1.29, 1.82) is 0 Å². The van der Waals surface area contributed by atoms with Gasteiger partial charge in [-0.15, -0.1) is 0 Å². The minimum absolute atomic E-state index is 0.595. The van der Waals surface area contributed by atoms with Gasteiger partial charge in [0.2, 0.25) is 0 Å². The monoisotopic (exact) mass is 375 g/mol. The van der Waals surface area contributed by atoms with E-state index in [1.807, 2.05) is 36.4 Å². The van der Waals surface area contributed by atoms with Gasteiger partial charge in [-0.3, -0.25) is 0 Å². The molecule has 3 rings (SSSR count). The maximum atomic E-state index is 6.04. The maximum absolute atomic E-state index is 6.04. The molecule has 0 aliphatic carbocycles. The zero-order valence-corrected chi connectivity index (χ0v) is 15.4. The average Bonchev–Trinajstić information content (AvgIpc) is 3.07. The summed E-state index contributed by atoms with van der Waals surface area (Å²) in [5.41, 5.74) is 2.14. The summed E-state index contributed by atoms with van der Waals surface area (Å²) in [7, 11) is 1.67. The zero-order valence-electron chi connectivity index (χ0n) is 13.9. The minimum Gasteiger partial charge on any atom is -0.497 e. The largest absolute Gasteiger partial charge is 0.497 e. The normalized spacial score (nSPS) is 10.8. The third kappa shape index (κ3) is 5.02. The summed E-state index contributed by atoms with van der Waals surface area (Å²) in [4.78, 5) is 0. The third-order valence-electron chi connectivity index (χ3n) is 3.86. The van der Waals surface area contributed by atoms with Crippen LogP contribution in [0.5, 0.6) is 5.75 Å². The van der Waals surface area contributed by atoms with Crippen molar-refractivity contribution in [1.82, 2.24) is 5.32 Å². The van der Waals surface area contributed by atoms with Crippen LogP contribution in [0.1, 0.15) is 11.3 Å². The first-order valence-corrected chi connectivity index (χ1v) is 8.78. The Hall–Kier alpha value is -1.94. The van der Waals surface area contributed by atoms with Gasteiger partial charge in [0.25, 0.3) is 0 Å². The molecule has 0 aliphatic heterocycles. The van der Waals surface area contributed by atoms with E-state index in [2.05, 4.69) is 17.4 Å². The van der Waals surface area contributed by atoms with E-state index in [9.17, 15) is 0 Å². The van der Waals surface area contributed by atoms with Crippen LogP contribution in [0.4, 0.5) is 0 Å². The number of rotatable bonds is 7. The second-order valence-corrected chi connectivity index (χ2v) is 6.57. The van der Waals surface area contributed by atoms with Crippen LogP contribution in [0.2, 0.25) is 10.0 Å². The molecular weight excluding hydrogens is 357 g/mol. The first-order chi connectivity index (χ1) is 12.1. The smallest absolute Gasteiger partial charge is 0.134 e. The van der Waals surface area contributed by atoms with Crippen molar-refractivity contribution < 1.29 is 9.15 Å². The van der Waals surface area contributed by atoms with Crippen molar-refractivity contribution in [3.8, 4) is 17.1 Å². The first-order valence-electron chi connectivity index (χ1n) is 8.03. The summed E-state index contributed by atoms with van der Waals surface area (Å²) in [5.74, 6) is 2.51. The molecule has 2 aromatic carbocycles. The van der Waals surface area contributed by atoms with Crippen LogP contribution >= 0.6 is 23.2 Å². The van der Waals surface area contributed by atoms with Crippen LogP contribution in [0, 0.1) is 0 Å². The quantitative estimate of drug-likeness (QED) is 0.546. The second kappa shape index (κ2) is 8.43. The van der Waals surface area contributed by atoms with E-state index in [0.29, 0.717) is 16.6 Å². The van der Waals surface area contributed by atoms with Gasteiger partial charge >= 0.3 is 0 Å². The standard InChI is InChI=1S/C20H19Cl2NO2/c1-24-18-4-2-14(3-5-18)8-9-23-13-19-6-7-20(25-19)15-10-16(21)12-17(22)11-15/h2-7,10-12,23H,8-9,13H2,1H3. The molecule has 0 fully saturated rings. The van der Waals surface area contributed by atoms with Gasteiger partial charge in [0.1, 0.15) is 17.3 Å². The second-order valence-electron chi connectivity index (χ2n) is 5.70. The lowest BCUT2D eigenvalue weighted by Gasteiger charge is -2.05. The Kier molecular flexibility index (Phi) is 6.03. The molecule has 0 amide bonds. The number of hydrogen-bond donors (Lipinski definition) is 1. The molecule has 0 saturated heterocycles. The average molecular weight is 376 g/mol. The molecule has 0 atom stereocenters. The van der Waals surface area contributed by atoms with Crippen molar-refractivity contribution in [2.24, 2.45) is 0 Å². The van der Waals surface area contributed by atoms with Crippen molar-refractivity contribution in [3.05, 3.63) is 76.0 Å². The Labute approximate surface area is 157 Å². The lowest BCUT2D eigenvalue weighted by molar-refractivity contribution is 0.414. The fourth-order valence-corrected chi connectivity index (χ4v) is 3.09. The molecule has 1 N–H and O–H groups in total. The van der Waals surface area contributed by atoms with Crippen molar-refractivity contribution in [3.63, 3.8) is 0 Å². The molecule has 130 valence electrons. The molecule has 0 spiro atoms. The fraction of sp³-hybridized carbons (Fsp3) is 0.200. The molecule has 0 unspecified atom stereocenters. The van der Waals surface area contributed by atoms with Crippen molar-refractivity contribution >= 4 is 23.2 Å². The number of ether oxygens (including phenoxy) is 1. The summed E-state index contributed by atoms with van der Waals surface area (Å²) in [6.07, 6.45) is 0.946. The summed E-state index contributed by atoms with van der Waals surface area (Å²) in [6, 6.07) is 17.4. The van der Waals surface area contributed by atoms with E-state index in [4.69, 9.17) is 32.4 Å². The van der Waals surface area contributed by atoms with Gasteiger partial charge < -0.3 is 14.5 Å². The van der Waals surface area contributed by atoms with Crippen LogP contribution < -0.4 is 10.1 Å². The molecule has 0 bridgehead atoms. The molecule has 1 aromatic heterocycles. The van der Waals surface area contributed by atoms with E-state index in [-0.39, 0.29) is 0 Å². The van der Waals surface area contributed by atoms with Crippen molar-refractivity contribution in [2.45, 2.75) is 13.0 Å². The van der Waals surface area contributed by atoms with Gasteiger partial charge in [-0.1, -0.05) is 35.3 Å². The topological polar surface area (TPSA) is 34.4 Å². The van der Waals surface area contributed by atoms with Crippen LogP contribution in [0.3, 0.4) is 0 Å². The Morgan fingerprint density at radius 1 is 0.960 bits per heavy atom. The van der Waals surface area contributed by atoms with Gasteiger partial charge in [0.05, 0.1) is 13.7 Å². The highest BCUT2D eigenvalue weighted by atomic mass is 35.5. The van der Waals surface area contributed by atoms with E-state index in [1.54, 1.807) is 13.2 Å². The van der Waals surface area contributed by atoms with Crippen LogP contribution in [-0.2, 0) is 13.0 Å². The zero-order chi connectivity index (χ0) is 17.6. The SMILES string of the molecule is COc1ccc(CCNCc2ccc(-c3cc(Cl)cc(Cl)c3)o2)cc1. The van der Waals surface area contributed by atoms with Crippen LogP contribution in [-0.4, -0.2) is 13.7 Å². The van der Waals surface area contributed by atoms with Gasteiger partial charge in [-0.25, -0.2) is 0 Å². The highest BCUT2D eigenvalue weighted by molar-refractivity contribution is 6.35. The Balaban J connectivity index is 1.51. The highest BCUT2D eigenvalue weighted by Gasteiger charge is 2.07. The fourth-order valence-electron chi connectivity index (χ4n) is 2.56. The van der Waals surface area contributed by atoms with Crippen LogP contribution in [0.15, 0.2) is 59.0 Å². The van der Waals surface area contributed by atoms with Crippen LogP contribution in [0.25, 0.3) is 11.3 Å². The summed E-state index contributed by atoms with van der Waals surface area (Å²) >= 11 is 12.1. The summed E-state index contributed by atoms with van der Waals surface area (Å²) in [5, 5.41) is 4.58. The third-order valence-corrected chi connectivity index (χ3v) is 4.29. The van der Waals surface area contributed by atoms with E-state index in [0.717, 1.165) is 35.8 Å². The molecule has 0 radical (unpaired) electrons. The molecule has 0 saturated carbocycles. The van der Waals surface area contributed by atoms with Gasteiger partial charge in [0.15, 0.2) is 0 Å². The molecule has 3 aromatic rings. The molecule has 25 heavy (non-hydrogen) atoms. The first kappa shape index (κ1) is 17.9. The Bertz CT molecular complexity index is 808. The number of nitrogens with one attached hydrogen (secondary N) is 1. The number of halogens is 2. The lowest BCUT2D eigenvalue weighted by Crippen LogP contribution is -2.16. The lowest BCUT2D eigenvalue weighted by atomic mass is 10.1. The number of benzene rings is 2. The van der Waals surface area contributed by atoms with Gasteiger partial charge in [-0.05, 0) is 61.0 Å². The van der Waals surface area contributed by atoms with Crippen molar-refractivity contribution in [2.75, 3.05) is 13.7 Å². The number of methoxy groups -OCH3 is 1. The predicted octanol–water partition coefficient (Wildman–Crippen LogP) is 5.59. The maximum Gasteiger partial charge on any atom is 0.134 e. The number of hydrogen-bond acceptors (Lipinski definition) is 3. The molecule has 1 heterocycles. The van der Waals surface area contributed by atoms with E-state index < -0.39 is 0 Å². The van der Waals surface area contributed by atoms with Gasteiger partial charge in [0, 0.05) is 15.6 Å². The minimum atomic E-state index is 0.595. The predicted molar refractivity (Wildman–Crippen MR) is 103 cm³/mol. The van der Waals surface area contributed by atoms with Gasteiger partial charge in [-0.2, -0.15) is 0 Å². The summed E-state index contributed by atoms with van der Waals surface area (Å²) < 4.78 is 11.0. The molecular formula is C20H19Cl2NO2. The number of furan rings is 1. The van der Waals surface area contributed by atoms with E-state index in [1.165, 1.54) is 5.56 Å². The molecule has 0 aliphatic rings. The highest BCUT2D eigenvalue weighted by Crippen LogP contribution is 2.28. The summed E-state index contributed by atoms with van der Waals surface area (Å²) in [6.45, 7) is 1.54. The molecule has 5 heteroatoms. The van der Waals surface area contributed by atoms with E-state index >= 15 is 0 Å². The molecule has 3 nitrogen and oxygen atoms in total. The Morgan fingerprint density at radius 3 is 2.36 bits per heavy atom.